The molecular weight excluding hydrogens is 182 g/mol. The van der Waals surface area contributed by atoms with Crippen molar-refractivity contribution in [3.63, 3.8) is 0 Å². The Morgan fingerprint density at radius 2 is 1.85 bits per heavy atom. The van der Waals surface area contributed by atoms with Gasteiger partial charge in [-0.3, -0.25) is 0 Å². The van der Waals surface area contributed by atoms with Crippen molar-refractivity contribution in [2.75, 3.05) is 12.4 Å². The van der Waals surface area contributed by atoms with E-state index in [2.05, 4.69) is 33.0 Å². The molecule has 0 bridgehead atoms. The molecule has 1 nitrogen and oxygen atoms in total. The predicted octanol–water partition coefficient (Wildman–Crippen LogP) is 3.28. The molecule has 1 N–H and O–H groups in total. The average Bonchev–Trinajstić information content (AvgIpc) is 2.10. The highest BCUT2D eigenvalue weighted by Gasteiger charge is 2.09. The number of hydrogen-bond donors (Lipinski definition) is 1. The Morgan fingerprint density at radius 3 is 2.23 bits per heavy atom. The number of alkyl halides is 1. The number of hydrogen-bond acceptors (Lipinski definition) is 1. The summed E-state index contributed by atoms with van der Waals surface area (Å²) in [4.78, 5) is 0. The Morgan fingerprint density at radius 1 is 1.23 bits per heavy atom. The summed E-state index contributed by atoms with van der Waals surface area (Å²) in [5.74, 6) is 2.22. The zero-order valence-electron chi connectivity index (χ0n) is 9.44. The van der Waals surface area contributed by atoms with Gasteiger partial charge < -0.3 is 5.32 Å². The van der Waals surface area contributed by atoms with E-state index < -0.39 is 0 Å². The molecule has 0 fully saturated rings. The SMILES string of the molecule is CCC(C)CNC(CCl)CC(C)C. The smallest absolute Gasteiger partial charge is 0.0377 e. The highest BCUT2D eigenvalue weighted by atomic mass is 35.5. The molecular formula is C11H24ClN. The van der Waals surface area contributed by atoms with Crippen LogP contribution in [-0.4, -0.2) is 18.5 Å². The first-order chi connectivity index (χ1) is 6.10. The summed E-state index contributed by atoms with van der Waals surface area (Å²) in [6.07, 6.45) is 2.42. The number of halogens is 1. The van der Waals surface area contributed by atoms with Gasteiger partial charge in [-0.15, -0.1) is 11.6 Å². The van der Waals surface area contributed by atoms with E-state index in [1.165, 1.54) is 12.8 Å². The molecule has 0 aliphatic heterocycles. The van der Waals surface area contributed by atoms with Crippen molar-refractivity contribution in [1.82, 2.24) is 5.32 Å². The van der Waals surface area contributed by atoms with Crippen molar-refractivity contribution >= 4 is 11.6 Å². The third-order valence-corrected chi connectivity index (χ3v) is 2.77. The van der Waals surface area contributed by atoms with Crippen LogP contribution in [-0.2, 0) is 0 Å². The molecule has 80 valence electrons. The van der Waals surface area contributed by atoms with Gasteiger partial charge in [0, 0.05) is 11.9 Å². The van der Waals surface area contributed by atoms with Gasteiger partial charge in [-0.25, -0.2) is 0 Å². The molecule has 0 saturated carbocycles. The molecule has 2 atom stereocenters. The van der Waals surface area contributed by atoms with Gasteiger partial charge in [-0.2, -0.15) is 0 Å². The van der Waals surface area contributed by atoms with Gasteiger partial charge in [0.05, 0.1) is 0 Å². The van der Waals surface area contributed by atoms with Gasteiger partial charge in [-0.1, -0.05) is 34.1 Å². The van der Waals surface area contributed by atoms with E-state index in [-0.39, 0.29) is 0 Å². The second-order valence-electron chi connectivity index (χ2n) is 4.40. The molecule has 0 aromatic carbocycles. The first kappa shape index (κ1) is 13.2. The molecule has 0 rings (SSSR count). The molecule has 0 aromatic rings. The second kappa shape index (κ2) is 7.64. The van der Waals surface area contributed by atoms with Crippen LogP contribution >= 0.6 is 11.6 Å². The van der Waals surface area contributed by atoms with Crippen molar-refractivity contribution in [2.24, 2.45) is 11.8 Å². The van der Waals surface area contributed by atoms with E-state index >= 15 is 0 Å². The number of nitrogens with one attached hydrogen (secondary N) is 1. The van der Waals surface area contributed by atoms with Gasteiger partial charge in [0.2, 0.25) is 0 Å². The maximum absolute atomic E-state index is 5.88. The minimum absolute atomic E-state index is 0.496. The van der Waals surface area contributed by atoms with Crippen molar-refractivity contribution in [3.8, 4) is 0 Å². The molecule has 13 heavy (non-hydrogen) atoms. The van der Waals surface area contributed by atoms with Gasteiger partial charge in [-0.05, 0) is 24.8 Å². The fourth-order valence-electron chi connectivity index (χ4n) is 1.28. The Kier molecular flexibility index (Phi) is 7.78. The summed E-state index contributed by atoms with van der Waals surface area (Å²) in [6, 6.07) is 0.496. The van der Waals surface area contributed by atoms with E-state index in [9.17, 15) is 0 Å². The van der Waals surface area contributed by atoms with E-state index in [0.717, 1.165) is 24.3 Å². The standard InChI is InChI=1S/C11H24ClN/c1-5-10(4)8-13-11(7-12)6-9(2)3/h9-11,13H,5-8H2,1-4H3. The molecule has 0 spiro atoms. The lowest BCUT2D eigenvalue weighted by Crippen LogP contribution is -2.35. The predicted molar refractivity (Wildman–Crippen MR) is 61.4 cm³/mol. The van der Waals surface area contributed by atoms with Crippen LogP contribution in [0.2, 0.25) is 0 Å². The molecule has 0 aromatic heterocycles. The first-order valence-corrected chi connectivity index (χ1v) is 5.92. The molecule has 2 heteroatoms. The van der Waals surface area contributed by atoms with E-state index in [1.807, 2.05) is 0 Å². The van der Waals surface area contributed by atoms with E-state index in [0.29, 0.717) is 6.04 Å². The van der Waals surface area contributed by atoms with Crippen LogP contribution in [0.5, 0.6) is 0 Å². The highest BCUT2D eigenvalue weighted by molar-refractivity contribution is 6.18. The zero-order chi connectivity index (χ0) is 10.3. The molecule has 0 heterocycles. The molecule has 0 aliphatic rings. The van der Waals surface area contributed by atoms with Crippen LogP contribution in [0.1, 0.15) is 40.5 Å². The van der Waals surface area contributed by atoms with Gasteiger partial charge in [0.15, 0.2) is 0 Å². The average molecular weight is 206 g/mol. The van der Waals surface area contributed by atoms with E-state index in [1.54, 1.807) is 0 Å². The van der Waals surface area contributed by atoms with Crippen molar-refractivity contribution in [2.45, 2.75) is 46.6 Å². The zero-order valence-corrected chi connectivity index (χ0v) is 10.2. The second-order valence-corrected chi connectivity index (χ2v) is 4.71. The van der Waals surface area contributed by atoms with Crippen LogP contribution in [0.15, 0.2) is 0 Å². The molecule has 0 saturated heterocycles. The Bertz CT molecular complexity index is 115. The van der Waals surface area contributed by atoms with Crippen LogP contribution in [0, 0.1) is 11.8 Å². The highest BCUT2D eigenvalue weighted by Crippen LogP contribution is 2.07. The largest absolute Gasteiger partial charge is 0.313 e. The normalized spacial score (nSPS) is 16.2. The summed E-state index contributed by atoms with van der Waals surface area (Å²) in [5, 5.41) is 3.52. The van der Waals surface area contributed by atoms with Crippen LogP contribution in [0.4, 0.5) is 0 Å². The fraction of sp³-hybridized carbons (Fsp3) is 1.00. The molecule has 0 aliphatic carbocycles. The van der Waals surface area contributed by atoms with Crippen molar-refractivity contribution < 1.29 is 0 Å². The summed E-state index contributed by atoms with van der Waals surface area (Å²) in [6.45, 7) is 10.1. The minimum atomic E-state index is 0.496. The van der Waals surface area contributed by atoms with Gasteiger partial charge >= 0.3 is 0 Å². The fourth-order valence-corrected chi connectivity index (χ4v) is 1.52. The molecule has 0 amide bonds. The van der Waals surface area contributed by atoms with Crippen molar-refractivity contribution in [1.29, 1.82) is 0 Å². The third kappa shape index (κ3) is 7.33. The molecule has 0 radical (unpaired) electrons. The quantitative estimate of drug-likeness (QED) is 0.630. The first-order valence-electron chi connectivity index (χ1n) is 5.39. The monoisotopic (exact) mass is 205 g/mol. The minimum Gasteiger partial charge on any atom is -0.313 e. The summed E-state index contributed by atoms with van der Waals surface area (Å²) in [7, 11) is 0. The lowest BCUT2D eigenvalue weighted by molar-refractivity contribution is 0.405. The maximum Gasteiger partial charge on any atom is 0.0377 e. The topological polar surface area (TPSA) is 12.0 Å². The Balaban J connectivity index is 3.59. The van der Waals surface area contributed by atoms with Crippen LogP contribution in [0.3, 0.4) is 0 Å². The summed E-state index contributed by atoms with van der Waals surface area (Å²) in [5.41, 5.74) is 0. The maximum atomic E-state index is 5.88. The summed E-state index contributed by atoms with van der Waals surface area (Å²) >= 11 is 5.88. The van der Waals surface area contributed by atoms with Crippen LogP contribution in [0.25, 0.3) is 0 Å². The Labute approximate surface area is 88.2 Å². The van der Waals surface area contributed by atoms with Crippen LogP contribution < -0.4 is 5.32 Å². The Hall–Kier alpha value is 0.250. The number of rotatable bonds is 7. The van der Waals surface area contributed by atoms with Gasteiger partial charge in [0.1, 0.15) is 0 Å². The summed E-state index contributed by atoms with van der Waals surface area (Å²) < 4.78 is 0. The third-order valence-electron chi connectivity index (χ3n) is 2.39. The lowest BCUT2D eigenvalue weighted by atomic mass is 10.0. The van der Waals surface area contributed by atoms with Gasteiger partial charge in [0.25, 0.3) is 0 Å². The van der Waals surface area contributed by atoms with Crippen molar-refractivity contribution in [3.05, 3.63) is 0 Å². The van der Waals surface area contributed by atoms with E-state index in [4.69, 9.17) is 11.6 Å². The molecule has 2 unspecified atom stereocenters. The lowest BCUT2D eigenvalue weighted by Gasteiger charge is -2.20.